The first-order chi connectivity index (χ1) is 11.7. The molecule has 0 aliphatic heterocycles. The smallest absolute Gasteiger partial charge is 0.255 e. The molecule has 8 heteroatoms. The van der Waals surface area contributed by atoms with Gasteiger partial charge in [0.25, 0.3) is 5.91 Å². The van der Waals surface area contributed by atoms with Crippen molar-refractivity contribution in [1.82, 2.24) is 4.72 Å². The van der Waals surface area contributed by atoms with Gasteiger partial charge in [0, 0.05) is 17.7 Å². The molecule has 5 nitrogen and oxygen atoms in total. The molecule has 134 valence electrons. The van der Waals surface area contributed by atoms with E-state index in [4.69, 9.17) is 0 Å². The van der Waals surface area contributed by atoms with Crippen molar-refractivity contribution in [1.29, 1.82) is 0 Å². The van der Waals surface area contributed by atoms with E-state index >= 15 is 0 Å². The minimum Gasteiger partial charge on any atom is -0.319 e. The molecule has 1 amide bonds. The van der Waals surface area contributed by atoms with Gasteiger partial charge in [0.05, 0.1) is 10.6 Å². The van der Waals surface area contributed by atoms with Gasteiger partial charge in [-0.1, -0.05) is 6.92 Å². The van der Waals surface area contributed by atoms with E-state index < -0.39 is 27.6 Å². The number of anilines is 1. The quantitative estimate of drug-likeness (QED) is 0.822. The minimum atomic E-state index is -3.67. The third-order valence-electron chi connectivity index (χ3n) is 3.57. The van der Waals surface area contributed by atoms with E-state index in [0.29, 0.717) is 12.5 Å². The van der Waals surface area contributed by atoms with Gasteiger partial charge in [0.2, 0.25) is 10.0 Å². The van der Waals surface area contributed by atoms with Crippen LogP contribution in [0.2, 0.25) is 0 Å². The fourth-order valence-corrected chi connectivity index (χ4v) is 3.31. The summed E-state index contributed by atoms with van der Waals surface area (Å²) in [6.45, 7) is 3.60. The Morgan fingerprint density at radius 2 is 1.76 bits per heavy atom. The Morgan fingerprint density at radius 3 is 2.32 bits per heavy atom. The fourth-order valence-electron chi connectivity index (χ4n) is 1.99. The number of carbonyl (C=O) groups is 1. The van der Waals surface area contributed by atoms with Crippen LogP contribution in [0.15, 0.2) is 47.4 Å². The maximum absolute atomic E-state index is 13.6. The average Bonchev–Trinajstić information content (AvgIpc) is 2.57. The highest BCUT2D eigenvalue weighted by atomic mass is 32.2. The van der Waals surface area contributed by atoms with Crippen molar-refractivity contribution in [2.75, 3.05) is 5.32 Å². The van der Waals surface area contributed by atoms with Gasteiger partial charge >= 0.3 is 0 Å². The number of halogens is 2. The van der Waals surface area contributed by atoms with E-state index in [9.17, 15) is 22.0 Å². The Balaban J connectivity index is 2.15. The summed E-state index contributed by atoms with van der Waals surface area (Å²) in [6, 6.07) is 7.80. The molecule has 0 aromatic heterocycles. The Bertz CT molecular complexity index is 868. The van der Waals surface area contributed by atoms with Crippen LogP contribution in [0.25, 0.3) is 0 Å². The molecule has 2 aromatic rings. The predicted octanol–water partition coefficient (Wildman–Crippen LogP) is 3.29. The average molecular weight is 368 g/mol. The molecule has 0 aliphatic rings. The normalized spacial score (nSPS) is 12.6. The highest BCUT2D eigenvalue weighted by molar-refractivity contribution is 7.89. The van der Waals surface area contributed by atoms with Gasteiger partial charge < -0.3 is 5.32 Å². The third-order valence-corrected chi connectivity index (χ3v) is 5.18. The molecular weight excluding hydrogens is 350 g/mol. The van der Waals surface area contributed by atoms with Crippen LogP contribution in [0.5, 0.6) is 0 Å². The minimum absolute atomic E-state index is 0.0253. The molecule has 0 saturated carbocycles. The summed E-state index contributed by atoms with van der Waals surface area (Å²) in [5, 5.41) is 2.31. The van der Waals surface area contributed by atoms with Crippen LogP contribution in [-0.2, 0) is 10.0 Å². The molecule has 2 rings (SSSR count). The fraction of sp³-hybridized carbons (Fsp3) is 0.235. The molecule has 0 fully saturated rings. The van der Waals surface area contributed by atoms with Crippen molar-refractivity contribution < 1.29 is 22.0 Å². The number of amides is 1. The molecule has 1 unspecified atom stereocenters. The second-order valence-electron chi connectivity index (χ2n) is 5.53. The monoisotopic (exact) mass is 368 g/mol. The summed E-state index contributed by atoms with van der Waals surface area (Å²) in [7, 11) is -3.67. The molecular formula is C17H18F2N2O3S. The second kappa shape index (κ2) is 7.71. The standard InChI is InChI=1S/C17H18F2N2O3S/c1-3-11(2)21-25(23,24)14-7-4-12(5-8-14)17(22)20-16-9-6-13(18)10-15(16)19/h4-11,21H,3H2,1-2H3,(H,20,22). The largest absolute Gasteiger partial charge is 0.319 e. The molecule has 0 saturated heterocycles. The van der Waals surface area contributed by atoms with Crippen molar-refractivity contribution in [3.8, 4) is 0 Å². The zero-order valence-corrected chi connectivity index (χ0v) is 14.5. The highest BCUT2D eigenvalue weighted by Crippen LogP contribution is 2.17. The first kappa shape index (κ1) is 19.0. The summed E-state index contributed by atoms with van der Waals surface area (Å²) in [6.07, 6.45) is 0.642. The second-order valence-corrected chi connectivity index (χ2v) is 7.25. The van der Waals surface area contributed by atoms with E-state index in [1.54, 1.807) is 6.92 Å². The van der Waals surface area contributed by atoms with Crippen LogP contribution in [0.3, 0.4) is 0 Å². The number of rotatable bonds is 6. The van der Waals surface area contributed by atoms with Gasteiger partial charge in [-0.15, -0.1) is 0 Å². The van der Waals surface area contributed by atoms with Gasteiger partial charge in [0.15, 0.2) is 0 Å². The lowest BCUT2D eigenvalue weighted by molar-refractivity contribution is 0.102. The number of nitrogens with one attached hydrogen (secondary N) is 2. The van der Waals surface area contributed by atoms with Crippen molar-refractivity contribution in [3.05, 3.63) is 59.7 Å². The predicted molar refractivity (Wildman–Crippen MR) is 90.8 cm³/mol. The van der Waals surface area contributed by atoms with E-state index in [-0.39, 0.29) is 22.2 Å². The first-order valence-electron chi connectivity index (χ1n) is 7.61. The van der Waals surface area contributed by atoms with Gasteiger partial charge in [-0.2, -0.15) is 0 Å². The molecule has 25 heavy (non-hydrogen) atoms. The van der Waals surface area contributed by atoms with Gasteiger partial charge in [-0.05, 0) is 49.7 Å². The number of benzene rings is 2. The summed E-state index contributed by atoms with van der Waals surface area (Å²) in [5.41, 5.74) is -0.0206. The van der Waals surface area contributed by atoms with Crippen LogP contribution in [-0.4, -0.2) is 20.4 Å². The maximum Gasteiger partial charge on any atom is 0.255 e. The summed E-state index contributed by atoms with van der Waals surface area (Å²) in [5.74, 6) is -2.28. The lowest BCUT2D eigenvalue weighted by Crippen LogP contribution is -2.32. The van der Waals surface area contributed by atoms with Gasteiger partial charge in [-0.3, -0.25) is 4.79 Å². The van der Waals surface area contributed by atoms with Crippen molar-refractivity contribution in [2.45, 2.75) is 31.2 Å². The molecule has 0 bridgehead atoms. The number of sulfonamides is 1. The Hall–Kier alpha value is -2.32. The molecule has 0 spiro atoms. The highest BCUT2D eigenvalue weighted by Gasteiger charge is 2.17. The molecule has 0 aliphatic carbocycles. The van der Waals surface area contributed by atoms with Crippen molar-refractivity contribution >= 4 is 21.6 Å². The van der Waals surface area contributed by atoms with Crippen LogP contribution in [0, 0.1) is 11.6 Å². The molecule has 1 atom stereocenters. The Morgan fingerprint density at radius 1 is 1.12 bits per heavy atom. The van der Waals surface area contributed by atoms with Gasteiger partial charge in [0.1, 0.15) is 11.6 Å². The third kappa shape index (κ3) is 4.83. The van der Waals surface area contributed by atoms with E-state index in [1.807, 2.05) is 6.92 Å². The number of hydrogen-bond donors (Lipinski definition) is 2. The van der Waals surface area contributed by atoms with Crippen molar-refractivity contribution in [3.63, 3.8) is 0 Å². The Kier molecular flexibility index (Phi) is 5.86. The molecule has 2 aromatic carbocycles. The summed E-state index contributed by atoms with van der Waals surface area (Å²) >= 11 is 0. The first-order valence-corrected chi connectivity index (χ1v) is 9.10. The van der Waals surface area contributed by atoms with E-state index in [1.165, 1.54) is 24.3 Å². The topological polar surface area (TPSA) is 75.3 Å². The zero-order valence-electron chi connectivity index (χ0n) is 13.7. The summed E-state index contributed by atoms with van der Waals surface area (Å²) in [4.78, 5) is 12.1. The van der Waals surface area contributed by atoms with Gasteiger partial charge in [-0.25, -0.2) is 21.9 Å². The van der Waals surface area contributed by atoms with E-state index in [2.05, 4.69) is 10.0 Å². The van der Waals surface area contributed by atoms with E-state index in [0.717, 1.165) is 12.1 Å². The van der Waals surface area contributed by atoms with Crippen LogP contribution in [0.1, 0.15) is 30.6 Å². The molecule has 0 heterocycles. The lowest BCUT2D eigenvalue weighted by Gasteiger charge is -2.12. The van der Waals surface area contributed by atoms with Crippen LogP contribution < -0.4 is 10.0 Å². The Labute approximate surface area is 145 Å². The van der Waals surface area contributed by atoms with Crippen LogP contribution >= 0.6 is 0 Å². The molecule has 0 radical (unpaired) electrons. The molecule has 2 N–H and O–H groups in total. The lowest BCUT2D eigenvalue weighted by atomic mass is 10.2. The maximum atomic E-state index is 13.6. The number of hydrogen-bond acceptors (Lipinski definition) is 3. The SMILES string of the molecule is CCC(C)NS(=O)(=O)c1ccc(C(=O)Nc2ccc(F)cc2F)cc1. The number of carbonyl (C=O) groups excluding carboxylic acids is 1. The zero-order chi connectivity index (χ0) is 18.6. The summed E-state index contributed by atoms with van der Waals surface area (Å²) < 4.78 is 53.2. The van der Waals surface area contributed by atoms with Crippen molar-refractivity contribution in [2.24, 2.45) is 0 Å². The van der Waals surface area contributed by atoms with Crippen LogP contribution in [0.4, 0.5) is 14.5 Å².